The van der Waals surface area contributed by atoms with Gasteiger partial charge in [0.1, 0.15) is 0 Å². The zero-order chi connectivity index (χ0) is 14.0. The summed E-state index contributed by atoms with van der Waals surface area (Å²) in [6.45, 7) is 5.79. The molecule has 1 aliphatic rings. The minimum Gasteiger partial charge on any atom is -0.382 e. The third kappa shape index (κ3) is 3.70. The lowest BCUT2D eigenvalue weighted by Crippen LogP contribution is -2.45. The van der Waals surface area contributed by atoms with Gasteiger partial charge in [0.2, 0.25) is 6.10 Å². The molecule has 102 valence electrons. The topological polar surface area (TPSA) is 50.7 Å². The van der Waals surface area contributed by atoms with Gasteiger partial charge in [0, 0.05) is 17.0 Å². The average molecular weight is 281 g/mol. The van der Waals surface area contributed by atoms with Crippen molar-refractivity contribution in [3.63, 3.8) is 0 Å². The van der Waals surface area contributed by atoms with Crippen LogP contribution in [-0.2, 0) is 9.63 Å². The van der Waals surface area contributed by atoms with Crippen LogP contribution >= 0.6 is 11.6 Å². The quantitative estimate of drug-likeness (QED) is 0.906. The maximum absolute atomic E-state index is 12.0. The van der Waals surface area contributed by atoms with Crippen molar-refractivity contribution in [1.82, 2.24) is 5.32 Å². The summed E-state index contributed by atoms with van der Waals surface area (Å²) >= 11 is 5.83. The highest BCUT2D eigenvalue weighted by Crippen LogP contribution is 2.19. The highest BCUT2D eigenvalue weighted by molar-refractivity contribution is 6.30. The molecule has 0 saturated carbocycles. The van der Waals surface area contributed by atoms with Gasteiger partial charge < -0.3 is 10.2 Å². The first-order valence-electron chi connectivity index (χ1n) is 6.16. The van der Waals surface area contributed by atoms with E-state index in [1.54, 1.807) is 12.1 Å². The lowest BCUT2D eigenvalue weighted by Gasteiger charge is -2.22. The first-order valence-corrected chi connectivity index (χ1v) is 6.53. The lowest BCUT2D eigenvalue weighted by molar-refractivity contribution is -0.132. The van der Waals surface area contributed by atoms with Crippen molar-refractivity contribution >= 4 is 23.2 Å². The average Bonchev–Trinajstić information content (AvgIpc) is 2.77. The third-order valence-electron chi connectivity index (χ3n) is 2.64. The summed E-state index contributed by atoms with van der Waals surface area (Å²) in [5, 5.41) is 7.54. The van der Waals surface area contributed by atoms with Crippen LogP contribution in [0.5, 0.6) is 0 Å². The van der Waals surface area contributed by atoms with Crippen molar-refractivity contribution in [2.75, 3.05) is 0 Å². The normalized spacial score (nSPS) is 18.7. The van der Waals surface area contributed by atoms with Gasteiger partial charge in [0.15, 0.2) is 0 Å². The first kappa shape index (κ1) is 13.9. The van der Waals surface area contributed by atoms with Crippen LogP contribution in [0.4, 0.5) is 0 Å². The maximum atomic E-state index is 12.0. The molecule has 0 aliphatic carbocycles. The number of carbonyl (C=O) groups is 1. The summed E-state index contributed by atoms with van der Waals surface area (Å²) in [4.78, 5) is 17.2. The van der Waals surface area contributed by atoms with Gasteiger partial charge in [-0.25, -0.2) is 0 Å². The Bertz CT molecular complexity index is 503. The van der Waals surface area contributed by atoms with E-state index in [2.05, 4.69) is 10.5 Å². The molecule has 4 nitrogen and oxygen atoms in total. The highest BCUT2D eigenvalue weighted by Gasteiger charge is 2.30. The molecule has 1 aromatic carbocycles. The monoisotopic (exact) mass is 280 g/mol. The van der Waals surface area contributed by atoms with Crippen molar-refractivity contribution in [2.45, 2.75) is 38.8 Å². The molecule has 0 radical (unpaired) electrons. The van der Waals surface area contributed by atoms with Crippen molar-refractivity contribution in [2.24, 2.45) is 5.16 Å². The van der Waals surface area contributed by atoms with E-state index >= 15 is 0 Å². The van der Waals surface area contributed by atoms with Crippen molar-refractivity contribution in [3.8, 4) is 0 Å². The number of amides is 1. The summed E-state index contributed by atoms with van der Waals surface area (Å²) in [6, 6.07) is 7.33. The fourth-order valence-electron chi connectivity index (χ4n) is 1.78. The predicted molar refractivity (Wildman–Crippen MR) is 75.4 cm³/mol. The summed E-state index contributed by atoms with van der Waals surface area (Å²) in [6.07, 6.45) is -0.0753. The van der Waals surface area contributed by atoms with E-state index < -0.39 is 6.10 Å². The fourth-order valence-corrected chi connectivity index (χ4v) is 1.91. The molecule has 0 aromatic heterocycles. The second kappa shape index (κ2) is 5.21. The first-order chi connectivity index (χ1) is 8.85. The highest BCUT2D eigenvalue weighted by atomic mass is 35.5. The van der Waals surface area contributed by atoms with Crippen LogP contribution in [-0.4, -0.2) is 23.3 Å². The van der Waals surface area contributed by atoms with Gasteiger partial charge >= 0.3 is 0 Å². The molecule has 1 aliphatic heterocycles. The minimum atomic E-state index is -0.551. The molecule has 0 unspecified atom stereocenters. The van der Waals surface area contributed by atoms with Gasteiger partial charge in [-0.15, -0.1) is 0 Å². The largest absolute Gasteiger partial charge is 0.382 e. The number of oxime groups is 1. The molecule has 0 saturated heterocycles. The summed E-state index contributed by atoms with van der Waals surface area (Å²) in [5.41, 5.74) is 1.42. The smallest absolute Gasteiger partial charge is 0.264 e. The molecule has 1 aromatic rings. The van der Waals surface area contributed by atoms with Crippen LogP contribution < -0.4 is 5.32 Å². The Morgan fingerprint density at radius 2 is 2.00 bits per heavy atom. The Morgan fingerprint density at radius 1 is 1.37 bits per heavy atom. The standard InChI is InChI=1S/C14H17ClN2O2/c1-14(2,3)16-13(18)12-8-11(17-19-12)9-4-6-10(15)7-5-9/h4-7,12H,8H2,1-3H3,(H,16,18)/t12-/m0/s1. The molecule has 0 spiro atoms. The van der Waals surface area contributed by atoms with Gasteiger partial charge in [-0.3, -0.25) is 4.79 Å². The van der Waals surface area contributed by atoms with E-state index in [1.165, 1.54) is 0 Å². The molecule has 1 amide bonds. The SMILES string of the molecule is CC(C)(C)NC(=O)[C@@H]1CC(c2ccc(Cl)cc2)=NO1. The maximum Gasteiger partial charge on any atom is 0.264 e. The van der Waals surface area contributed by atoms with Crippen LogP contribution in [0.15, 0.2) is 29.4 Å². The Labute approximate surface area is 117 Å². The van der Waals surface area contributed by atoms with Gasteiger partial charge in [0.05, 0.1) is 5.71 Å². The second-order valence-corrected chi connectivity index (χ2v) is 6.02. The number of rotatable bonds is 2. The number of nitrogens with zero attached hydrogens (tertiary/aromatic N) is 1. The van der Waals surface area contributed by atoms with E-state index in [9.17, 15) is 4.79 Å². The van der Waals surface area contributed by atoms with E-state index in [1.807, 2.05) is 32.9 Å². The van der Waals surface area contributed by atoms with Crippen LogP contribution in [0, 0.1) is 0 Å². The van der Waals surface area contributed by atoms with Crippen LogP contribution in [0.1, 0.15) is 32.8 Å². The second-order valence-electron chi connectivity index (χ2n) is 5.58. The number of carbonyl (C=O) groups excluding carboxylic acids is 1. The van der Waals surface area contributed by atoms with E-state index in [0.29, 0.717) is 11.4 Å². The molecule has 0 fully saturated rings. The van der Waals surface area contributed by atoms with Gasteiger partial charge in [0.25, 0.3) is 5.91 Å². The number of hydrogen-bond acceptors (Lipinski definition) is 3. The van der Waals surface area contributed by atoms with Crippen LogP contribution in [0.3, 0.4) is 0 Å². The Kier molecular flexibility index (Phi) is 3.80. The summed E-state index contributed by atoms with van der Waals surface area (Å²) < 4.78 is 0. The van der Waals surface area contributed by atoms with Crippen LogP contribution in [0.25, 0.3) is 0 Å². The molecular formula is C14H17ClN2O2. The number of hydrogen-bond donors (Lipinski definition) is 1. The Hall–Kier alpha value is -1.55. The molecule has 19 heavy (non-hydrogen) atoms. The number of nitrogens with one attached hydrogen (secondary N) is 1. The van der Waals surface area contributed by atoms with Gasteiger partial charge in [-0.05, 0) is 38.5 Å². The molecule has 0 bridgehead atoms. The van der Waals surface area contributed by atoms with E-state index in [-0.39, 0.29) is 11.4 Å². The predicted octanol–water partition coefficient (Wildman–Crippen LogP) is 2.75. The molecule has 1 heterocycles. The summed E-state index contributed by atoms with van der Waals surface area (Å²) in [5.74, 6) is -0.139. The molecule has 1 atom stereocenters. The van der Waals surface area contributed by atoms with E-state index in [4.69, 9.17) is 16.4 Å². The Balaban J connectivity index is 1.99. The van der Waals surface area contributed by atoms with E-state index in [0.717, 1.165) is 11.3 Å². The van der Waals surface area contributed by atoms with Crippen molar-refractivity contribution < 1.29 is 9.63 Å². The number of benzene rings is 1. The number of halogens is 1. The minimum absolute atomic E-state index is 0.139. The van der Waals surface area contributed by atoms with Crippen molar-refractivity contribution in [3.05, 3.63) is 34.9 Å². The zero-order valence-corrected chi connectivity index (χ0v) is 12.0. The van der Waals surface area contributed by atoms with Crippen molar-refractivity contribution in [1.29, 1.82) is 0 Å². The molecule has 5 heteroatoms. The molecule has 2 rings (SSSR count). The molecular weight excluding hydrogens is 264 g/mol. The van der Waals surface area contributed by atoms with Gasteiger partial charge in [-0.1, -0.05) is 28.9 Å². The summed E-state index contributed by atoms with van der Waals surface area (Å²) in [7, 11) is 0. The van der Waals surface area contributed by atoms with Crippen LogP contribution in [0.2, 0.25) is 5.02 Å². The molecule has 1 N–H and O–H groups in total. The third-order valence-corrected chi connectivity index (χ3v) is 2.89. The van der Waals surface area contributed by atoms with Gasteiger partial charge in [-0.2, -0.15) is 0 Å². The fraction of sp³-hybridized carbons (Fsp3) is 0.429. The Morgan fingerprint density at radius 3 is 2.58 bits per heavy atom. The lowest BCUT2D eigenvalue weighted by atomic mass is 10.0. The zero-order valence-electron chi connectivity index (χ0n) is 11.2.